The molecular formula is C30H40N2O6. The van der Waals surface area contributed by atoms with Crippen LogP contribution in [0.3, 0.4) is 0 Å². The number of hydrogen-bond acceptors (Lipinski definition) is 6. The molecule has 2 amide bonds. The summed E-state index contributed by atoms with van der Waals surface area (Å²) < 4.78 is 12.2. The lowest BCUT2D eigenvalue weighted by Gasteiger charge is -2.37. The first-order valence-corrected chi connectivity index (χ1v) is 13.7. The van der Waals surface area contributed by atoms with Gasteiger partial charge in [-0.05, 0) is 51.0 Å². The molecule has 0 radical (unpaired) electrons. The highest BCUT2D eigenvalue weighted by Gasteiger charge is 2.78. The third kappa shape index (κ3) is 5.04. The van der Waals surface area contributed by atoms with Crippen molar-refractivity contribution in [2.45, 2.75) is 69.2 Å². The van der Waals surface area contributed by atoms with Crippen molar-refractivity contribution in [2.75, 3.05) is 26.3 Å². The second-order valence-corrected chi connectivity index (χ2v) is 10.8. The Labute approximate surface area is 225 Å². The van der Waals surface area contributed by atoms with Crippen molar-refractivity contribution in [2.24, 2.45) is 11.8 Å². The van der Waals surface area contributed by atoms with Gasteiger partial charge in [0.05, 0.1) is 18.1 Å². The Morgan fingerprint density at radius 1 is 1.18 bits per heavy atom. The maximum Gasteiger partial charge on any atom is 0.312 e. The first-order chi connectivity index (χ1) is 18.3. The molecule has 1 aromatic carbocycles. The molecule has 1 N–H and O–H groups in total. The normalized spacial score (nSPS) is 29.3. The van der Waals surface area contributed by atoms with Crippen LogP contribution in [0.1, 0.15) is 51.0 Å². The standard InChI is InChI=1S/C30H40N2O6/c1-4-6-20-37-28(36)24-23-26(34)32(18-11-8-12-19-33)25(30(23)16-15-29(24,3)38-30)27(35)31(17-5-2)21-22-13-9-7-10-14-22/h4-5,7,9-10,13-14,23-25,33H,1-2,6,8,11-12,15-21H2,3H3/t23-,24-,25?,29+,30?/m0/s1. The number of fused-ring (bicyclic) bond motifs is 1. The number of benzene rings is 1. The molecule has 0 aromatic heterocycles. The largest absolute Gasteiger partial charge is 0.465 e. The fraction of sp³-hybridized carbons (Fsp3) is 0.567. The van der Waals surface area contributed by atoms with Crippen LogP contribution in [0.25, 0.3) is 0 Å². The van der Waals surface area contributed by atoms with Crippen molar-refractivity contribution in [1.82, 2.24) is 9.80 Å². The third-order valence-electron chi connectivity index (χ3n) is 8.27. The lowest BCUT2D eigenvalue weighted by Crippen LogP contribution is -2.56. The van der Waals surface area contributed by atoms with E-state index in [0.29, 0.717) is 51.7 Å². The number of ether oxygens (including phenoxy) is 2. The van der Waals surface area contributed by atoms with Gasteiger partial charge >= 0.3 is 5.97 Å². The van der Waals surface area contributed by atoms with E-state index in [-0.39, 0.29) is 25.0 Å². The first kappa shape index (κ1) is 28.0. The van der Waals surface area contributed by atoms with Gasteiger partial charge in [0.2, 0.25) is 11.8 Å². The summed E-state index contributed by atoms with van der Waals surface area (Å²) in [6.07, 6.45) is 6.97. The first-order valence-electron chi connectivity index (χ1n) is 13.7. The number of likely N-dealkylation sites (tertiary alicyclic amines) is 1. The molecule has 3 saturated heterocycles. The molecule has 1 spiro atoms. The van der Waals surface area contributed by atoms with E-state index in [1.807, 2.05) is 37.3 Å². The molecule has 3 heterocycles. The number of hydrogen-bond donors (Lipinski definition) is 1. The van der Waals surface area contributed by atoms with Gasteiger partial charge in [0.1, 0.15) is 17.6 Å². The van der Waals surface area contributed by atoms with Crippen LogP contribution in [0.5, 0.6) is 0 Å². The maximum absolute atomic E-state index is 14.3. The molecule has 3 fully saturated rings. The van der Waals surface area contributed by atoms with Gasteiger partial charge in [-0.25, -0.2) is 0 Å². The molecule has 8 heteroatoms. The van der Waals surface area contributed by atoms with Gasteiger partial charge in [-0.1, -0.05) is 42.5 Å². The van der Waals surface area contributed by atoms with E-state index in [2.05, 4.69) is 13.2 Å². The van der Waals surface area contributed by atoms with E-state index in [1.165, 1.54) is 0 Å². The summed E-state index contributed by atoms with van der Waals surface area (Å²) in [4.78, 5) is 45.1. The summed E-state index contributed by atoms with van der Waals surface area (Å²) in [5.41, 5.74) is -0.976. The summed E-state index contributed by atoms with van der Waals surface area (Å²) in [6.45, 7) is 10.7. The minimum absolute atomic E-state index is 0.0765. The molecule has 0 saturated carbocycles. The molecule has 3 aliphatic rings. The summed E-state index contributed by atoms with van der Waals surface area (Å²) in [5, 5.41) is 9.22. The Balaban J connectivity index is 1.68. The zero-order valence-electron chi connectivity index (χ0n) is 22.3. The quantitative estimate of drug-likeness (QED) is 0.228. The Kier molecular flexibility index (Phi) is 8.73. The summed E-state index contributed by atoms with van der Waals surface area (Å²) in [7, 11) is 0. The van der Waals surface area contributed by atoms with Crippen LogP contribution in [-0.4, -0.2) is 76.2 Å². The van der Waals surface area contributed by atoms with E-state index in [9.17, 15) is 19.5 Å². The molecular weight excluding hydrogens is 484 g/mol. The van der Waals surface area contributed by atoms with E-state index >= 15 is 0 Å². The van der Waals surface area contributed by atoms with Gasteiger partial charge in [0, 0.05) is 26.2 Å². The molecule has 2 bridgehead atoms. The van der Waals surface area contributed by atoms with Crippen LogP contribution < -0.4 is 0 Å². The molecule has 1 aromatic rings. The Morgan fingerprint density at radius 3 is 2.63 bits per heavy atom. The number of esters is 1. The van der Waals surface area contributed by atoms with Crippen LogP contribution in [0.15, 0.2) is 55.6 Å². The molecule has 38 heavy (non-hydrogen) atoms. The number of amides is 2. The molecule has 5 atom stereocenters. The van der Waals surface area contributed by atoms with Crippen LogP contribution in [0, 0.1) is 11.8 Å². The molecule has 2 unspecified atom stereocenters. The van der Waals surface area contributed by atoms with Crippen LogP contribution in [-0.2, 0) is 30.4 Å². The second-order valence-electron chi connectivity index (χ2n) is 10.8. The Morgan fingerprint density at radius 2 is 1.95 bits per heavy atom. The maximum atomic E-state index is 14.3. The van der Waals surface area contributed by atoms with Crippen molar-refractivity contribution in [1.29, 1.82) is 0 Å². The zero-order chi connectivity index (χ0) is 27.3. The second kappa shape index (κ2) is 11.8. The molecule has 206 valence electrons. The number of carbonyl (C=O) groups excluding carboxylic acids is 3. The Bertz CT molecular complexity index is 1040. The number of unbranched alkanes of at least 4 members (excludes halogenated alkanes) is 2. The molecule has 3 aliphatic heterocycles. The van der Waals surface area contributed by atoms with Crippen molar-refractivity contribution in [3.63, 3.8) is 0 Å². The van der Waals surface area contributed by atoms with E-state index in [0.717, 1.165) is 12.0 Å². The van der Waals surface area contributed by atoms with Crippen LogP contribution >= 0.6 is 0 Å². The number of aliphatic hydroxyl groups excluding tert-OH is 1. The fourth-order valence-electron chi connectivity index (χ4n) is 6.57. The molecule has 0 aliphatic carbocycles. The summed E-state index contributed by atoms with van der Waals surface area (Å²) in [5.74, 6) is -2.41. The van der Waals surface area contributed by atoms with Gasteiger partial charge in [0.15, 0.2) is 0 Å². The minimum Gasteiger partial charge on any atom is -0.465 e. The van der Waals surface area contributed by atoms with E-state index < -0.39 is 35.0 Å². The number of rotatable bonds is 14. The lowest BCUT2D eigenvalue weighted by molar-refractivity contribution is -0.160. The predicted octanol–water partition coefficient (Wildman–Crippen LogP) is 3.25. The smallest absolute Gasteiger partial charge is 0.312 e. The lowest BCUT2D eigenvalue weighted by atomic mass is 9.66. The average molecular weight is 525 g/mol. The van der Waals surface area contributed by atoms with Crippen molar-refractivity contribution < 1.29 is 29.0 Å². The van der Waals surface area contributed by atoms with Crippen molar-refractivity contribution >= 4 is 17.8 Å². The van der Waals surface area contributed by atoms with Gasteiger partial charge in [0.25, 0.3) is 0 Å². The fourth-order valence-corrected chi connectivity index (χ4v) is 6.57. The summed E-state index contributed by atoms with van der Waals surface area (Å²) >= 11 is 0. The predicted molar refractivity (Wildman–Crippen MR) is 143 cm³/mol. The summed E-state index contributed by atoms with van der Waals surface area (Å²) in [6, 6.07) is 8.87. The molecule has 4 rings (SSSR count). The highest BCUT2D eigenvalue weighted by molar-refractivity contribution is 5.98. The minimum atomic E-state index is -1.09. The van der Waals surface area contributed by atoms with Crippen molar-refractivity contribution in [3.8, 4) is 0 Å². The van der Waals surface area contributed by atoms with Gasteiger partial charge < -0.3 is 24.4 Å². The van der Waals surface area contributed by atoms with Gasteiger partial charge in [-0.3, -0.25) is 14.4 Å². The SMILES string of the molecule is C=CCCOC(=O)[C@@H]1[C@H]2C(=O)N(CCCCCO)C(C(=O)N(CC=C)Cc3ccccc3)C23CC[C@@]1(C)O3. The number of carbonyl (C=O) groups is 3. The number of aliphatic hydroxyl groups is 1. The monoisotopic (exact) mass is 524 g/mol. The number of nitrogens with zero attached hydrogens (tertiary/aromatic N) is 2. The highest BCUT2D eigenvalue weighted by Crippen LogP contribution is 2.63. The topological polar surface area (TPSA) is 96.4 Å². The zero-order valence-corrected chi connectivity index (χ0v) is 22.3. The third-order valence-corrected chi connectivity index (χ3v) is 8.27. The van der Waals surface area contributed by atoms with Crippen LogP contribution in [0.4, 0.5) is 0 Å². The Hall–Kier alpha value is -2.97. The van der Waals surface area contributed by atoms with Crippen LogP contribution in [0.2, 0.25) is 0 Å². The highest BCUT2D eigenvalue weighted by atomic mass is 16.6. The van der Waals surface area contributed by atoms with Crippen molar-refractivity contribution in [3.05, 3.63) is 61.2 Å². The van der Waals surface area contributed by atoms with E-state index in [4.69, 9.17) is 9.47 Å². The molecule has 8 nitrogen and oxygen atoms in total. The average Bonchev–Trinajstić information content (AvgIpc) is 3.47. The van der Waals surface area contributed by atoms with Gasteiger partial charge in [-0.2, -0.15) is 0 Å². The van der Waals surface area contributed by atoms with E-state index in [1.54, 1.807) is 22.0 Å². The van der Waals surface area contributed by atoms with Gasteiger partial charge in [-0.15, -0.1) is 13.2 Å².